The maximum Gasteiger partial charge on any atom is 0.423 e. The van der Waals surface area contributed by atoms with Crippen molar-refractivity contribution >= 4 is 22.3 Å². The largest absolute Gasteiger partial charge is 0.423 e. The van der Waals surface area contributed by atoms with E-state index in [9.17, 15) is 44.7 Å². The maximum atomic E-state index is 14.7. The van der Waals surface area contributed by atoms with Crippen LogP contribution >= 0.6 is 0 Å². The molecule has 4 aromatic rings. The first-order chi connectivity index (χ1) is 19.1. The number of nitrogens with two attached hydrogens (primary N) is 2. The van der Waals surface area contributed by atoms with Gasteiger partial charge < -0.3 is 16.0 Å². The number of unbranched alkanes of at least 4 members (excludes halogenated alkanes) is 2. The lowest BCUT2D eigenvalue weighted by molar-refractivity contribution is -0.138. The number of aromatic nitrogens is 5. The molecule has 0 aliphatic carbocycles. The van der Waals surface area contributed by atoms with Crippen molar-refractivity contribution in [3.63, 3.8) is 0 Å². The van der Waals surface area contributed by atoms with Gasteiger partial charge >= 0.3 is 12.4 Å². The second-order valence-corrected chi connectivity index (χ2v) is 8.56. The summed E-state index contributed by atoms with van der Waals surface area (Å²) in [6, 6.07) is 2.55. The van der Waals surface area contributed by atoms with Gasteiger partial charge in [0.05, 0.1) is 22.8 Å². The minimum absolute atomic E-state index is 0.0812. The van der Waals surface area contributed by atoms with Crippen LogP contribution in [0.25, 0.3) is 22.2 Å². The molecule has 0 aliphatic heterocycles. The highest BCUT2D eigenvalue weighted by Gasteiger charge is 2.36. The lowest BCUT2D eigenvalue weighted by Gasteiger charge is -2.12. The Morgan fingerprint density at radius 2 is 1.66 bits per heavy atom. The highest BCUT2D eigenvalue weighted by atomic mass is 19.4. The molecule has 3 heterocycles. The number of fused-ring (bicyclic) bond motifs is 1. The zero-order valence-electron chi connectivity index (χ0n) is 21.0. The summed E-state index contributed by atoms with van der Waals surface area (Å²) in [6.07, 6.45) is -4.38. The Kier molecular flexibility index (Phi) is 8.98. The van der Waals surface area contributed by atoms with Crippen LogP contribution in [0, 0.1) is 11.6 Å². The number of H-pyrrole nitrogens is 1. The Hall–Kier alpha value is -4.57. The fourth-order valence-electron chi connectivity index (χ4n) is 3.69. The molecule has 0 unspecified atom stereocenters. The van der Waals surface area contributed by atoms with Crippen molar-refractivity contribution in [3.8, 4) is 11.4 Å². The quantitative estimate of drug-likeness (QED) is 0.221. The number of aryl methyl sites for hydroxylation is 1. The first-order valence-electron chi connectivity index (χ1n) is 11.7. The molecule has 0 spiro atoms. The molecule has 0 saturated heterocycles. The van der Waals surface area contributed by atoms with E-state index >= 15 is 0 Å². The number of halogens is 8. The van der Waals surface area contributed by atoms with E-state index in [1.54, 1.807) is 5.10 Å². The number of nitrogens with one attached hydrogen (secondary N) is 1. The summed E-state index contributed by atoms with van der Waals surface area (Å²) >= 11 is 0. The number of nitrogens with zero attached hydrogens (tertiary/aromatic N) is 4. The van der Waals surface area contributed by atoms with Gasteiger partial charge in [-0.05, 0) is 23.9 Å². The minimum Gasteiger partial charge on any atom is -0.397 e. The van der Waals surface area contributed by atoms with Gasteiger partial charge in [0.2, 0.25) is 0 Å². The Bertz CT molecular complexity index is 1680. The molecule has 0 saturated carbocycles. The molecule has 1 aromatic carbocycles. The molecule has 0 radical (unpaired) electrons. The number of nitrogen functional groups attached to an aromatic ring is 2. The summed E-state index contributed by atoms with van der Waals surface area (Å²) in [5.74, 6) is -4.26. The molecular weight excluding hydrogens is 570 g/mol. The zero-order valence-corrected chi connectivity index (χ0v) is 21.0. The van der Waals surface area contributed by atoms with Gasteiger partial charge in [-0.2, -0.15) is 31.4 Å². The van der Waals surface area contributed by atoms with Crippen LogP contribution < -0.4 is 22.6 Å². The van der Waals surface area contributed by atoms with E-state index in [-0.39, 0.29) is 5.39 Å². The molecule has 41 heavy (non-hydrogen) atoms. The number of aromatic amines is 1. The number of pyridine rings is 1. The first kappa shape index (κ1) is 31.0. The van der Waals surface area contributed by atoms with Crippen LogP contribution in [0.2, 0.25) is 0 Å². The molecule has 220 valence electrons. The molecule has 0 bridgehead atoms. The molecular formula is C24H21F8N7O2. The number of anilines is 2. The number of hydrogen-bond acceptors (Lipinski definition) is 7. The zero-order chi connectivity index (χ0) is 30.7. The van der Waals surface area contributed by atoms with Gasteiger partial charge in [0.25, 0.3) is 11.1 Å². The fourth-order valence-corrected chi connectivity index (χ4v) is 3.69. The molecule has 4 rings (SSSR count). The summed E-state index contributed by atoms with van der Waals surface area (Å²) < 4.78 is 105. The van der Waals surface area contributed by atoms with Crippen molar-refractivity contribution in [2.24, 2.45) is 0 Å². The average molecular weight is 591 g/mol. The van der Waals surface area contributed by atoms with E-state index < -0.39 is 74.5 Å². The first-order valence-corrected chi connectivity index (χ1v) is 11.7. The highest BCUT2D eigenvalue weighted by molar-refractivity contribution is 5.86. The van der Waals surface area contributed by atoms with E-state index in [2.05, 4.69) is 15.1 Å². The number of benzene rings is 1. The van der Waals surface area contributed by atoms with Crippen molar-refractivity contribution in [2.45, 2.75) is 45.1 Å². The summed E-state index contributed by atoms with van der Waals surface area (Å²) in [4.78, 5) is 30.0. The molecule has 0 fully saturated rings. The van der Waals surface area contributed by atoms with Crippen LogP contribution in [-0.2, 0) is 18.9 Å². The predicted octanol–water partition coefficient (Wildman–Crippen LogP) is 4.90. The number of rotatable bonds is 5. The average Bonchev–Trinajstić information content (AvgIpc) is 2.86. The molecule has 0 atom stereocenters. The molecule has 0 amide bonds. The van der Waals surface area contributed by atoms with E-state index in [1.807, 2.05) is 6.92 Å². The van der Waals surface area contributed by atoms with Gasteiger partial charge in [-0.15, -0.1) is 0 Å². The van der Waals surface area contributed by atoms with E-state index in [0.29, 0.717) is 19.2 Å². The Morgan fingerprint density at radius 1 is 0.976 bits per heavy atom. The monoisotopic (exact) mass is 591 g/mol. The smallest absolute Gasteiger partial charge is 0.397 e. The van der Waals surface area contributed by atoms with Crippen molar-refractivity contribution in [1.29, 1.82) is 0 Å². The summed E-state index contributed by atoms with van der Waals surface area (Å²) in [7, 11) is 0. The van der Waals surface area contributed by atoms with Crippen LogP contribution in [0.3, 0.4) is 0 Å². The van der Waals surface area contributed by atoms with Gasteiger partial charge in [-0.25, -0.2) is 23.8 Å². The van der Waals surface area contributed by atoms with Crippen molar-refractivity contribution in [3.05, 3.63) is 74.2 Å². The molecule has 9 nitrogen and oxygen atoms in total. The topological polar surface area (TPSA) is 146 Å². The summed E-state index contributed by atoms with van der Waals surface area (Å²) in [6.45, 7) is 2.36. The van der Waals surface area contributed by atoms with Crippen molar-refractivity contribution in [2.75, 3.05) is 11.5 Å². The second-order valence-electron chi connectivity index (χ2n) is 8.56. The van der Waals surface area contributed by atoms with Gasteiger partial charge in [-0.3, -0.25) is 9.59 Å². The van der Waals surface area contributed by atoms with Crippen molar-refractivity contribution < 1.29 is 35.1 Å². The normalized spacial score (nSPS) is 11.8. The van der Waals surface area contributed by atoms with Gasteiger partial charge in [0.1, 0.15) is 16.9 Å². The molecule has 5 N–H and O–H groups in total. The molecule has 3 aromatic heterocycles. The van der Waals surface area contributed by atoms with Crippen LogP contribution in [0.5, 0.6) is 0 Å². The van der Waals surface area contributed by atoms with E-state index in [0.717, 1.165) is 25.1 Å². The Balaban J connectivity index is 0.000000322. The standard InChI is InChI=1S/C19H17F5N4O.C5H4F3N3O/c1-2-3-4-6-28-7-5-10-8-11(14(20)15(21)13(10)18(28)29)17-26-9-12(16(25)27-17)19(22,23)24;6-5(7,8)3-2(9)1-10-11-4(3)12/h5,7-9H,2-4,6H2,1H3,(H2,25,26,27);1H,(H3,9,11,12). The summed E-state index contributed by atoms with van der Waals surface area (Å²) in [5, 5.41) is 4.38. The third-order valence-electron chi connectivity index (χ3n) is 5.68. The Labute approximate surface area is 224 Å². The highest BCUT2D eigenvalue weighted by Crippen LogP contribution is 2.34. The SMILES string of the molecule is CCCCCn1ccc2cc(-c3ncc(C(F)(F)F)c(N)n3)c(F)c(F)c2c1=O.Nc1cn[nH]c(=O)c1C(F)(F)F. The van der Waals surface area contributed by atoms with Crippen LogP contribution in [0.15, 0.2) is 40.3 Å². The lowest BCUT2D eigenvalue weighted by atomic mass is 10.1. The maximum absolute atomic E-state index is 14.7. The van der Waals surface area contributed by atoms with Crippen LogP contribution in [0.4, 0.5) is 46.6 Å². The van der Waals surface area contributed by atoms with Crippen LogP contribution in [0.1, 0.15) is 37.3 Å². The lowest BCUT2D eigenvalue weighted by Crippen LogP contribution is -2.24. The van der Waals surface area contributed by atoms with E-state index in [1.165, 1.54) is 16.8 Å². The van der Waals surface area contributed by atoms with Gasteiger partial charge in [0.15, 0.2) is 17.5 Å². The van der Waals surface area contributed by atoms with E-state index in [4.69, 9.17) is 11.5 Å². The van der Waals surface area contributed by atoms with Gasteiger partial charge in [0, 0.05) is 18.9 Å². The third-order valence-corrected chi connectivity index (χ3v) is 5.68. The Morgan fingerprint density at radius 3 is 2.20 bits per heavy atom. The van der Waals surface area contributed by atoms with Crippen LogP contribution in [-0.4, -0.2) is 24.7 Å². The second kappa shape index (κ2) is 11.9. The number of alkyl halides is 6. The summed E-state index contributed by atoms with van der Waals surface area (Å²) in [5.41, 5.74) is 4.35. The fraction of sp³-hybridized carbons (Fsp3) is 0.292. The third kappa shape index (κ3) is 6.78. The van der Waals surface area contributed by atoms with Gasteiger partial charge in [-0.1, -0.05) is 19.8 Å². The molecule has 17 heteroatoms. The van der Waals surface area contributed by atoms with Crippen molar-refractivity contribution in [1.82, 2.24) is 24.7 Å². The number of hydrogen-bond donors (Lipinski definition) is 3. The minimum atomic E-state index is -4.78. The molecule has 0 aliphatic rings. The predicted molar refractivity (Wildman–Crippen MR) is 132 cm³/mol.